The zero-order valence-corrected chi connectivity index (χ0v) is 15.0. The number of benzene rings is 2. The number of anilines is 1. The summed E-state index contributed by atoms with van der Waals surface area (Å²) in [4.78, 5) is 14.1. The third kappa shape index (κ3) is 3.55. The number of likely N-dealkylation sites (tertiary alicyclic amines) is 1. The highest BCUT2D eigenvalue weighted by atomic mass is 19.1. The minimum atomic E-state index is -0.726. The number of carbonyl (C=O) groups is 1. The number of carbonyl (C=O) groups excluding carboxylic acids is 1. The molecule has 0 bridgehead atoms. The quantitative estimate of drug-likeness (QED) is 0.872. The summed E-state index contributed by atoms with van der Waals surface area (Å²) < 4.78 is 31.1. The number of rotatable bonds is 2. The number of methoxy groups -OCH3 is 1. The number of fused-ring (bicyclic) bond motifs is 1. The molecule has 7 heteroatoms. The second-order valence-corrected chi connectivity index (χ2v) is 6.67. The molecule has 1 spiro atoms. The number of piperidine rings is 1. The number of halogens is 1. The van der Waals surface area contributed by atoms with Crippen molar-refractivity contribution >= 4 is 11.7 Å². The average molecular weight is 372 g/mol. The number of para-hydroxylation sites is 1. The van der Waals surface area contributed by atoms with Gasteiger partial charge in [-0.15, -0.1) is 0 Å². The lowest BCUT2D eigenvalue weighted by atomic mass is 10.0. The van der Waals surface area contributed by atoms with Crippen LogP contribution in [0.3, 0.4) is 0 Å². The van der Waals surface area contributed by atoms with Gasteiger partial charge in [-0.1, -0.05) is 12.1 Å². The van der Waals surface area contributed by atoms with E-state index in [0.29, 0.717) is 32.5 Å². The zero-order chi connectivity index (χ0) is 18.9. The van der Waals surface area contributed by atoms with Gasteiger partial charge in [0.2, 0.25) is 5.79 Å². The molecule has 1 saturated heterocycles. The Balaban J connectivity index is 1.38. The summed E-state index contributed by atoms with van der Waals surface area (Å²) >= 11 is 0. The molecule has 0 aromatic heterocycles. The van der Waals surface area contributed by atoms with Crippen LogP contribution in [-0.2, 0) is 11.3 Å². The molecule has 0 radical (unpaired) electrons. The van der Waals surface area contributed by atoms with Gasteiger partial charge in [-0.2, -0.15) is 0 Å². The monoisotopic (exact) mass is 372 g/mol. The summed E-state index contributed by atoms with van der Waals surface area (Å²) in [6.45, 7) is 1.37. The molecule has 0 aliphatic carbocycles. The van der Waals surface area contributed by atoms with Crippen molar-refractivity contribution in [1.82, 2.24) is 4.90 Å². The van der Waals surface area contributed by atoms with E-state index in [4.69, 9.17) is 14.2 Å². The van der Waals surface area contributed by atoms with E-state index in [-0.39, 0.29) is 11.7 Å². The van der Waals surface area contributed by atoms with Crippen molar-refractivity contribution in [1.29, 1.82) is 0 Å². The van der Waals surface area contributed by atoms with E-state index in [1.165, 1.54) is 12.1 Å². The second-order valence-electron chi connectivity index (χ2n) is 6.67. The van der Waals surface area contributed by atoms with Gasteiger partial charge < -0.3 is 24.4 Å². The number of amides is 2. The Morgan fingerprint density at radius 3 is 2.74 bits per heavy atom. The number of hydrogen-bond donors (Lipinski definition) is 1. The molecule has 2 heterocycles. The lowest BCUT2D eigenvalue weighted by Gasteiger charge is -2.43. The summed E-state index contributed by atoms with van der Waals surface area (Å²) in [6, 6.07) is 11.4. The molecule has 0 saturated carbocycles. The van der Waals surface area contributed by atoms with E-state index < -0.39 is 11.6 Å². The van der Waals surface area contributed by atoms with Gasteiger partial charge in [0.15, 0.2) is 0 Å². The fraction of sp³-hybridized carbons (Fsp3) is 0.350. The van der Waals surface area contributed by atoms with Crippen LogP contribution in [0.25, 0.3) is 0 Å². The van der Waals surface area contributed by atoms with Gasteiger partial charge in [-0.3, -0.25) is 0 Å². The van der Waals surface area contributed by atoms with Crippen molar-refractivity contribution in [3.05, 3.63) is 53.8 Å². The highest BCUT2D eigenvalue weighted by molar-refractivity contribution is 5.89. The number of nitrogens with zero attached hydrogens (tertiary/aromatic N) is 1. The van der Waals surface area contributed by atoms with Crippen molar-refractivity contribution in [3.63, 3.8) is 0 Å². The molecule has 0 atom stereocenters. The van der Waals surface area contributed by atoms with Gasteiger partial charge in [-0.25, -0.2) is 9.18 Å². The minimum Gasteiger partial charge on any atom is -0.497 e. The van der Waals surface area contributed by atoms with E-state index in [9.17, 15) is 9.18 Å². The molecule has 142 valence electrons. The molecule has 6 nitrogen and oxygen atoms in total. The zero-order valence-electron chi connectivity index (χ0n) is 15.0. The van der Waals surface area contributed by atoms with E-state index in [2.05, 4.69) is 5.32 Å². The fourth-order valence-electron chi connectivity index (χ4n) is 3.39. The van der Waals surface area contributed by atoms with E-state index >= 15 is 0 Å². The molecule has 4 rings (SSSR count). The summed E-state index contributed by atoms with van der Waals surface area (Å²) in [7, 11) is 1.62. The third-order valence-corrected chi connectivity index (χ3v) is 4.98. The van der Waals surface area contributed by atoms with Crippen molar-refractivity contribution in [2.75, 3.05) is 25.5 Å². The van der Waals surface area contributed by atoms with Crippen LogP contribution >= 0.6 is 0 Å². The van der Waals surface area contributed by atoms with Gasteiger partial charge in [0.1, 0.15) is 17.3 Å². The van der Waals surface area contributed by atoms with Crippen LogP contribution in [0.4, 0.5) is 14.9 Å². The van der Waals surface area contributed by atoms with Crippen molar-refractivity contribution in [3.8, 4) is 11.5 Å². The summed E-state index contributed by atoms with van der Waals surface area (Å²) in [5.41, 5.74) is 1.12. The number of urea groups is 1. The minimum absolute atomic E-state index is 0.177. The predicted molar refractivity (Wildman–Crippen MR) is 97.4 cm³/mol. The van der Waals surface area contributed by atoms with Crippen LogP contribution in [0.15, 0.2) is 42.5 Å². The van der Waals surface area contributed by atoms with Crippen LogP contribution in [0, 0.1) is 5.82 Å². The van der Waals surface area contributed by atoms with E-state index in [0.717, 1.165) is 17.1 Å². The molecule has 2 aliphatic rings. The molecule has 2 amide bonds. The van der Waals surface area contributed by atoms with Crippen LogP contribution < -0.4 is 14.8 Å². The first-order valence-corrected chi connectivity index (χ1v) is 8.89. The molecule has 1 N–H and O–H groups in total. The first-order valence-electron chi connectivity index (χ1n) is 8.89. The van der Waals surface area contributed by atoms with Crippen LogP contribution in [0.1, 0.15) is 18.4 Å². The van der Waals surface area contributed by atoms with Gasteiger partial charge in [-0.05, 0) is 30.3 Å². The molecule has 1 fully saturated rings. The largest absolute Gasteiger partial charge is 0.497 e. The standard InChI is InChI=1S/C20H21FN2O4/c1-25-15-6-7-18-14(12-15)13-26-20(27-18)8-10-23(11-9-20)19(24)22-17-5-3-2-4-16(17)21/h2-7,12H,8-11,13H2,1H3,(H,22,24). The summed E-state index contributed by atoms with van der Waals surface area (Å²) in [5, 5.41) is 2.62. The first kappa shape index (κ1) is 17.6. The molecular formula is C20H21FN2O4. The summed E-state index contributed by atoms with van der Waals surface area (Å²) in [5.74, 6) is 0.365. The number of hydrogen-bond acceptors (Lipinski definition) is 4. The van der Waals surface area contributed by atoms with Gasteiger partial charge in [0.05, 0.1) is 19.4 Å². The number of nitrogens with one attached hydrogen (secondary N) is 1. The van der Waals surface area contributed by atoms with Crippen molar-refractivity contribution in [2.45, 2.75) is 25.2 Å². The maximum Gasteiger partial charge on any atom is 0.321 e. The Hall–Kier alpha value is -2.80. The fourth-order valence-corrected chi connectivity index (χ4v) is 3.39. The van der Waals surface area contributed by atoms with E-state index in [1.807, 2.05) is 18.2 Å². The van der Waals surface area contributed by atoms with Crippen molar-refractivity contribution < 1.29 is 23.4 Å². The third-order valence-electron chi connectivity index (χ3n) is 4.98. The molecule has 27 heavy (non-hydrogen) atoms. The summed E-state index contributed by atoms with van der Waals surface area (Å²) in [6.07, 6.45) is 1.09. The van der Waals surface area contributed by atoms with Crippen LogP contribution in [-0.4, -0.2) is 36.9 Å². The molecule has 2 aromatic rings. The molecule has 2 aliphatic heterocycles. The Bertz CT molecular complexity index is 850. The lowest BCUT2D eigenvalue weighted by molar-refractivity contribution is -0.225. The first-order chi connectivity index (χ1) is 13.1. The van der Waals surface area contributed by atoms with Crippen LogP contribution in [0.5, 0.6) is 11.5 Å². The Kier molecular flexibility index (Phi) is 4.61. The Labute approximate surface area is 156 Å². The second kappa shape index (κ2) is 7.08. The van der Waals surface area contributed by atoms with Gasteiger partial charge in [0, 0.05) is 31.5 Å². The highest BCUT2D eigenvalue weighted by Crippen LogP contribution is 2.38. The normalized spacial score (nSPS) is 17.8. The molecule has 0 unspecified atom stereocenters. The SMILES string of the molecule is COc1ccc2c(c1)COC1(CCN(C(=O)Nc3ccccc3F)CC1)O2. The number of ether oxygens (including phenoxy) is 3. The topological polar surface area (TPSA) is 60.0 Å². The lowest BCUT2D eigenvalue weighted by Crippen LogP contribution is -2.53. The maximum atomic E-state index is 13.7. The van der Waals surface area contributed by atoms with Crippen LogP contribution in [0.2, 0.25) is 0 Å². The maximum absolute atomic E-state index is 13.7. The smallest absolute Gasteiger partial charge is 0.321 e. The average Bonchev–Trinajstić information content (AvgIpc) is 2.70. The predicted octanol–water partition coefficient (Wildman–Crippen LogP) is 3.77. The Morgan fingerprint density at radius 2 is 2.00 bits per heavy atom. The molecule has 2 aromatic carbocycles. The van der Waals surface area contributed by atoms with Gasteiger partial charge >= 0.3 is 6.03 Å². The van der Waals surface area contributed by atoms with E-state index in [1.54, 1.807) is 24.1 Å². The van der Waals surface area contributed by atoms with Gasteiger partial charge in [0.25, 0.3) is 0 Å². The Morgan fingerprint density at radius 1 is 1.22 bits per heavy atom. The highest BCUT2D eigenvalue weighted by Gasteiger charge is 2.42. The molecular weight excluding hydrogens is 351 g/mol. The van der Waals surface area contributed by atoms with Crippen molar-refractivity contribution in [2.24, 2.45) is 0 Å².